The highest BCUT2D eigenvalue weighted by atomic mass is 32.1. The Morgan fingerprint density at radius 3 is 3.04 bits per heavy atom. The molecule has 1 N–H and O–H groups in total. The maximum atomic E-state index is 13.0. The number of nitrogens with one attached hydrogen (secondary N) is 1. The number of benzene rings is 1. The lowest BCUT2D eigenvalue weighted by Gasteiger charge is -2.36. The average molecular weight is 381 g/mol. The highest BCUT2D eigenvalue weighted by Crippen LogP contribution is 2.26. The molecule has 2 saturated heterocycles. The minimum atomic E-state index is -0.0186. The first-order chi connectivity index (χ1) is 13.3. The van der Waals surface area contributed by atoms with Crippen LogP contribution in [-0.2, 0) is 4.74 Å². The van der Waals surface area contributed by atoms with Crippen molar-refractivity contribution in [3.8, 4) is 16.3 Å². The Labute approximate surface area is 160 Å². The summed E-state index contributed by atoms with van der Waals surface area (Å²) < 4.78 is 7.57. The first-order valence-corrected chi connectivity index (χ1v) is 9.87. The van der Waals surface area contributed by atoms with Crippen molar-refractivity contribution < 1.29 is 9.53 Å². The van der Waals surface area contributed by atoms with Gasteiger partial charge in [0.1, 0.15) is 10.7 Å². The number of carbonyl (C=O) groups excluding carboxylic acids is 1. The van der Waals surface area contributed by atoms with Crippen LogP contribution in [0, 0.1) is 0 Å². The minimum Gasteiger partial charge on any atom is -0.373 e. The summed E-state index contributed by atoms with van der Waals surface area (Å²) in [4.78, 5) is 19.5. The molecule has 3 aromatic rings. The van der Waals surface area contributed by atoms with Gasteiger partial charge in [-0.15, -0.1) is 11.3 Å². The molecule has 8 heteroatoms. The van der Waals surface area contributed by atoms with Gasteiger partial charge in [-0.1, -0.05) is 18.2 Å². The molecule has 1 amide bonds. The summed E-state index contributed by atoms with van der Waals surface area (Å²) in [7, 11) is 0. The fraction of sp³-hybridized carbons (Fsp3) is 0.316. The lowest BCUT2D eigenvalue weighted by molar-refractivity contribution is -0.0366. The summed E-state index contributed by atoms with van der Waals surface area (Å²) in [6, 6.07) is 10.0. The maximum absolute atomic E-state index is 13.0. The molecule has 0 bridgehead atoms. The third-order valence-corrected chi connectivity index (χ3v) is 5.92. The third-order valence-electron chi connectivity index (χ3n) is 5.03. The zero-order valence-electron chi connectivity index (χ0n) is 14.6. The van der Waals surface area contributed by atoms with Crippen LogP contribution in [-0.4, -0.2) is 64.0 Å². The summed E-state index contributed by atoms with van der Waals surface area (Å²) in [6.07, 6.45) is 3.81. The van der Waals surface area contributed by atoms with Crippen LogP contribution in [0.4, 0.5) is 0 Å². The van der Waals surface area contributed by atoms with Gasteiger partial charge in [-0.05, 0) is 12.1 Å². The quantitative estimate of drug-likeness (QED) is 0.749. The van der Waals surface area contributed by atoms with Crippen LogP contribution in [0.1, 0.15) is 10.5 Å². The van der Waals surface area contributed by atoms with Gasteiger partial charge in [0.05, 0.1) is 30.6 Å². The highest BCUT2D eigenvalue weighted by molar-refractivity contribution is 7.13. The fourth-order valence-electron chi connectivity index (χ4n) is 3.65. The number of nitrogens with zero attached hydrogens (tertiary/aromatic N) is 4. The van der Waals surface area contributed by atoms with Crippen molar-refractivity contribution in [3.05, 3.63) is 53.8 Å². The molecule has 0 aliphatic carbocycles. The highest BCUT2D eigenvalue weighted by Gasteiger charge is 2.39. The van der Waals surface area contributed by atoms with E-state index in [9.17, 15) is 4.79 Å². The molecule has 27 heavy (non-hydrogen) atoms. The van der Waals surface area contributed by atoms with E-state index in [1.165, 1.54) is 11.3 Å². The van der Waals surface area contributed by atoms with Gasteiger partial charge in [0, 0.05) is 36.8 Å². The van der Waals surface area contributed by atoms with E-state index in [1.807, 2.05) is 51.5 Å². The Hall–Kier alpha value is -2.55. The van der Waals surface area contributed by atoms with Gasteiger partial charge in [-0.25, -0.2) is 9.67 Å². The van der Waals surface area contributed by atoms with Crippen LogP contribution >= 0.6 is 11.3 Å². The molecule has 0 spiro atoms. The molecular weight excluding hydrogens is 362 g/mol. The van der Waals surface area contributed by atoms with Crippen LogP contribution in [0.25, 0.3) is 16.3 Å². The van der Waals surface area contributed by atoms with Crippen molar-refractivity contribution in [2.24, 2.45) is 0 Å². The summed E-state index contributed by atoms with van der Waals surface area (Å²) in [5.74, 6) is -0.0186. The SMILES string of the molecule is O=C(c1csc(-c2cnn(-c3ccccc3)c2)n1)N1CCOC2CNCC21. The van der Waals surface area contributed by atoms with Crippen LogP contribution in [0.15, 0.2) is 48.1 Å². The number of amides is 1. The first-order valence-electron chi connectivity index (χ1n) is 8.99. The summed E-state index contributed by atoms with van der Waals surface area (Å²) in [5.41, 5.74) is 2.39. The molecule has 2 aromatic heterocycles. The van der Waals surface area contributed by atoms with Crippen molar-refractivity contribution in [2.75, 3.05) is 26.2 Å². The van der Waals surface area contributed by atoms with E-state index < -0.39 is 0 Å². The van der Waals surface area contributed by atoms with Crippen molar-refractivity contribution in [3.63, 3.8) is 0 Å². The first kappa shape index (κ1) is 16.6. The second kappa shape index (κ2) is 6.88. The number of hydrogen-bond acceptors (Lipinski definition) is 6. The van der Waals surface area contributed by atoms with Crippen LogP contribution in [0.2, 0.25) is 0 Å². The molecule has 7 nitrogen and oxygen atoms in total. The molecule has 2 aliphatic rings. The Bertz CT molecular complexity index is 954. The van der Waals surface area contributed by atoms with Gasteiger partial charge >= 0.3 is 0 Å². The Morgan fingerprint density at radius 2 is 2.15 bits per heavy atom. The number of ether oxygens (including phenoxy) is 1. The van der Waals surface area contributed by atoms with E-state index >= 15 is 0 Å². The monoisotopic (exact) mass is 381 g/mol. The number of fused-ring (bicyclic) bond motifs is 1. The number of morpholine rings is 1. The Balaban J connectivity index is 1.37. The number of hydrogen-bond donors (Lipinski definition) is 1. The van der Waals surface area contributed by atoms with Crippen LogP contribution in [0.3, 0.4) is 0 Å². The van der Waals surface area contributed by atoms with E-state index in [-0.39, 0.29) is 18.1 Å². The summed E-state index contributed by atoms with van der Waals surface area (Å²) in [6.45, 7) is 2.77. The fourth-order valence-corrected chi connectivity index (χ4v) is 4.42. The third kappa shape index (κ3) is 3.05. The van der Waals surface area contributed by atoms with Gasteiger partial charge in [-0.3, -0.25) is 4.79 Å². The molecule has 5 rings (SSSR count). The second-order valence-corrected chi connectivity index (χ2v) is 7.54. The van der Waals surface area contributed by atoms with E-state index in [1.54, 1.807) is 6.20 Å². The van der Waals surface area contributed by atoms with Crippen molar-refractivity contribution in [2.45, 2.75) is 12.1 Å². The molecule has 2 unspecified atom stereocenters. The largest absolute Gasteiger partial charge is 0.373 e. The van der Waals surface area contributed by atoms with E-state index in [0.717, 1.165) is 29.3 Å². The lowest BCUT2D eigenvalue weighted by atomic mass is 10.1. The van der Waals surface area contributed by atoms with E-state index in [2.05, 4.69) is 15.4 Å². The average Bonchev–Trinajstić information content (AvgIpc) is 3.47. The maximum Gasteiger partial charge on any atom is 0.273 e. The molecule has 4 heterocycles. The van der Waals surface area contributed by atoms with Crippen molar-refractivity contribution >= 4 is 17.2 Å². The van der Waals surface area contributed by atoms with Crippen molar-refractivity contribution in [1.29, 1.82) is 0 Å². The summed E-state index contributed by atoms with van der Waals surface area (Å²) >= 11 is 1.47. The molecule has 0 saturated carbocycles. The number of carbonyl (C=O) groups is 1. The zero-order chi connectivity index (χ0) is 18.2. The van der Waals surface area contributed by atoms with Crippen molar-refractivity contribution in [1.82, 2.24) is 25.0 Å². The van der Waals surface area contributed by atoms with Gasteiger partial charge in [0.25, 0.3) is 5.91 Å². The molecule has 2 aliphatic heterocycles. The normalized spacial score (nSPS) is 22.0. The van der Waals surface area contributed by atoms with Crippen LogP contribution < -0.4 is 5.32 Å². The number of aromatic nitrogens is 3. The molecule has 1 aromatic carbocycles. The summed E-state index contributed by atoms with van der Waals surface area (Å²) in [5, 5.41) is 10.4. The number of rotatable bonds is 3. The molecule has 0 radical (unpaired) electrons. The number of para-hydroxylation sites is 1. The smallest absolute Gasteiger partial charge is 0.273 e. The molecule has 2 atom stereocenters. The standard InChI is InChI=1S/C19H19N5O2S/c25-19(23-6-7-26-17-10-20-9-16(17)23)15-12-27-18(22-15)13-8-21-24(11-13)14-4-2-1-3-5-14/h1-5,8,11-12,16-17,20H,6-7,9-10H2. The molecule has 2 fully saturated rings. The second-order valence-electron chi connectivity index (χ2n) is 6.68. The zero-order valence-corrected chi connectivity index (χ0v) is 15.4. The van der Waals surface area contributed by atoms with Gasteiger partial charge < -0.3 is 15.0 Å². The van der Waals surface area contributed by atoms with Gasteiger partial charge in [0.15, 0.2) is 0 Å². The lowest BCUT2D eigenvalue weighted by Crippen LogP contribution is -2.53. The predicted octanol–water partition coefficient (Wildman–Crippen LogP) is 1.81. The van der Waals surface area contributed by atoms with Gasteiger partial charge in [-0.2, -0.15) is 5.10 Å². The minimum absolute atomic E-state index is 0.0186. The Kier molecular flexibility index (Phi) is 4.23. The molecule has 138 valence electrons. The van der Waals surface area contributed by atoms with Gasteiger partial charge in [0.2, 0.25) is 0 Å². The topological polar surface area (TPSA) is 72.3 Å². The molecular formula is C19H19N5O2S. The van der Waals surface area contributed by atoms with E-state index in [0.29, 0.717) is 18.8 Å². The van der Waals surface area contributed by atoms with E-state index in [4.69, 9.17) is 4.74 Å². The Morgan fingerprint density at radius 1 is 1.26 bits per heavy atom. The number of thiazole rings is 1. The van der Waals surface area contributed by atoms with Crippen LogP contribution in [0.5, 0.6) is 0 Å². The predicted molar refractivity (Wildman–Crippen MR) is 102 cm³/mol.